The quantitative estimate of drug-likeness (QED) is 0.0272. The fourth-order valence-corrected chi connectivity index (χ4v) is 11.8. The molecule has 1 amide bonds. The van der Waals surface area contributed by atoms with Crippen molar-refractivity contribution in [2.45, 2.75) is 416 Å². The molecular formula is C68H135NO10. The molecule has 0 bridgehead atoms. The minimum Gasteiger partial charge on any atom is -0.394 e. The normalized spacial score (nSPS) is 19.2. The van der Waals surface area contributed by atoms with E-state index in [4.69, 9.17) is 9.47 Å². The predicted octanol–water partition coefficient (Wildman–Crippen LogP) is 16.5. The summed E-state index contributed by atoms with van der Waals surface area (Å²) in [4.78, 5) is 13.2. The first-order valence-electron chi connectivity index (χ1n) is 34.9. The zero-order valence-corrected chi connectivity index (χ0v) is 52.1. The summed E-state index contributed by atoms with van der Waals surface area (Å²) in [6.45, 7) is 3.53. The highest BCUT2D eigenvalue weighted by atomic mass is 16.7. The van der Waals surface area contributed by atoms with Gasteiger partial charge in [0, 0.05) is 0 Å². The maximum atomic E-state index is 13.2. The van der Waals surface area contributed by atoms with Crippen LogP contribution >= 0.6 is 0 Å². The Morgan fingerprint density at radius 1 is 0.392 bits per heavy atom. The summed E-state index contributed by atoms with van der Waals surface area (Å²) in [5, 5.41) is 76.5. The van der Waals surface area contributed by atoms with Crippen molar-refractivity contribution in [2.75, 3.05) is 13.2 Å². The Morgan fingerprint density at radius 2 is 0.658 bits per heavy atom. The van der Waals surface area contributed by atoms with Gasteiger partial charge >= 0.3 is 0 Å². The number of ether oxygens (including phenoxy) is 2. The highest BCUT2D eigenvalue weighted by Gasteiger charge is 2.44. The van der Waals surface area contributed by atoms with Crippen molar-refractivity contribution in [3.05, 3.63) is 0 Å². The van der Waals surface area contributed by atoms with E-state index in [0.717, 1.165) is 38.5 Å². The third-order valence-corrected chi connectivity index (χ3v) is 17.4. The summed E-state index contributed by atoms with van der Waals surface area (Å²) in [5.74, 6) is -0.687. The minimum atomic E-state index is -1.66. The molecule has 1 rings (SSSR count). The molecule has 11 heteroatoms. The van der Waals surface area contributed by atoms with E-state index in [-0.39, 0.29) is 6.42 Å². The topological polar surface area (TPSA) is 189 Å². The fourth-order valence-electron chi connectivity index (χ4n) is 11.8. The van der Waals surface area contributed by atoms with Crippen LogP contribution in [0, 0.1) is 0 Å². The molecule has 0 aliphatic carbocycles. The Kier molecular flexibility index (Phi) is 55.4. The van der Waals surface area contributed by atoms with Gasteiger partial charge in [-0.3, -0.25) is 4.79 Å². The molecule has 0 aromatic heterocycles. The molecule has 0 saturated carbocycles. The number of aliphatic hydroxyl groups is 7. The number of nitrogens with one attached hydrogen (secondary N) is 1. The lowest BCUT2D eigenvalue weighted by Crippen LogP contribution is -2.60. The highest BCUT2D eigenvalue weighted by Crippen LogP contribution is 2.24. The first-order chi connectivity index (χ1) is 38.7. The van der Waals surface area contributed by atoms with Gasteiger partial charge in [0.25, 0.3) is 0 Å². The van der Waals surface area contributed by atoms with Gasteiger partial charge in [-0.1, -0.05) is 348 Å². The van der Waals surface area contributed by atoms with Crippen LogP contribution in [0.4, 0.5) is 0 Å². The largest absolute Gasteiger partial charge is 0.394 e. The highest BCUT2D eigenvalue weighted by molar-refractivity contribution is 5.80. The van der Waals surface area contributed by atoms with Crippen LogP contribution in [-0.4, -0.2) is 110 Å². The van der Waals surface area contributed by atoms with Crippen molar-refractivity contribution < 1.29 is 50.0 Å². The molecule has 11 nitrogen and oxygen atoms in total. The van der Waals surface area contributed by atoms with E-state index >= 15 is 0 Å². The van der Waals surface area contributed by atoms with Crippen molar-refractivity contribution in [3.63, 3.8) is 0 Å². The van der Waals surface area contributed by atoms with Crippen molar-refractivity contribution in [2.24, 2.45) is 0 Å². The number of amides is 1. The van der Waals surface area contributed by atoms with Crippen molar-refractivity contribution >= 4 is 5.91 Å². The number of unbranched alkanes of at least 4 members (excludes halogenated alkanes) is 50. The molecule has 1 aliphatic heterocycles. The smallest absolute Gasteiger partial charge is 0.249 e. The van der Waals surface area contributed by atoms with Gasteiger partial charge in [0.15, 0.2) is 6.29 Å². The Hall–Kier alpha value is -0.890. The molecule has 79 heavy (non-hydrogen) atoms. The van der Waals surface area contributed by atoms with Crippen LogP contribution in [-0.2, 0) is 14.3 Å². The van der Waals surface area contributed by atoms with E-state index in [1.165, 1.54) is 283 Å². The lowest BCUT2D eigenvalue weighted by atomic mass is 9.98. The van der Waals surface area contributed by atoms with E-state index in [0.29, 0.717) is 19.3 Å². The van der Waals surface area contributed by atoms with E-state index in [1.54, 1.807) is 0 Å². The standard InChI is InChI=1S/C68H135NO10/c1-3-5-7-9-11-13-15-17-19-21-23-25-27-29-30-32-33-35-37-39-41-43-45-47-49-51-53-55-60(71)63(73)59(58-78-68-66(76)65(75)64(74)62(57-70)79-68)69-67(77)61(72)56-54-52-50-48-46-44-42-40-38-36-34-31-28-26-24-22-20-18-16-14-12-10-8-6-4-2/h59-66,68,70-76H,3-58H2,1-2H3,(H,69,77). The number of hydrogen-bond donors (Lipinski definition) is 8. The molecular weight excluding hydrogens is 991 g/mol. The van der Waals surface area contributed by atoms with Gasteiger partial charge in [-0.2, -0.15) is 0 Å². The zero-order chi connectivity index (χ0) is 57.5. The molecule has 9 unspecified atom stereocenters. The Bertz CT molecular complexity index is 1250. The summed E-state index contributed by atoms with van der Waals surface area (Å²) >= 11 is 0. The van der Waals surface area contributed by atoms with Crippen LogP contribution in [0.2, 0.25) is 0 Å². The molecule has 1 saturated heterocycles. The predicted molar refractivity (Wildman–Crippen MR) is 330 cm³/mol. The molecule has 0 spiro atoms. The average Bonchev–Trinajstić information content (AvgIpc) is 3.46. The summed E-state index contributed by atoms with van der Waals surface area (Å²) in [5.41, 5.74) is 0. The molecule has 8 N–H and O–H groups in total. The summed E-state index contributed by atoms with van der Waals surface area (Å²) < 4.78 is 11.2. The Morgan fingerprint density at radius 3 is 0.937 bits per heavy atom. The second kappa shape index (κ2) is 57.5. The lowest BCUT2D eigenvalue weighted by molar-refractivity contribution is -0.303. The maximum Gasteiger partial charge on any atom is 0.249 e. The van der Waals surface area contributed by atoms with Crippen LogP contribution in [0.25, 0.3) is 0 Å². The van der Waals surface area contributed by atoms with Crippen LogP contribution < -0.4 is 5.32 Å². The van der Waals surface area contributed by atoms with E-state index in [2.05, 4.69) is 19.2 Å². The van der Waals surface area contributed by atoms with Crippen LogP contribution in [0.1, 0.15) is 361 Å². The van der Waals surface area contributed by atoms with Crippen molar-refractivity contribution in [3.8, 4) is 0 Å². The van der Waals surface area contributed by atoms with Gasteiger partial charge in [-0.25, -0.2) is 0 Å². The third-order valence-electron chi connectivity index (χ3n) is 17.4. The van der Waals surface area contributed by atoms with Crippen LogP contribution in [0.5, 0.6) is 0 Å². The van der Waals surface area contributed by atoms with Gasteiger partial charge in [0.2, 0.25) is 5.91 Å². The first kappa shape index (κ1) is 76.1. The minimum absolute atomic E-state index is 0.268. The maximum absolute atomic E-state index is 13.2. The van der Waals surface area contributed by atoms with E-state index < -0.39 is 74.2 Å². The number of rotatable bonds is 62. The Balaban J connectivity index is 2.19. The monoisotopic (exact) mass is 1130 g/mol. The Labute approximate surface area is 488 Å². The van der Waals surface area contributed by atoms with Gasteiger partial charge in [0.1, 0.15) is 36.6 Å². The van der Waals surface area contributed by atoms with Crippen molar-refractivity contribution in [1.82, 2.24) is 5.32 Å². The van der Waals surface area contributed by atoms with E-state index in [9.17, 15) is 40.5 Å². The molecule has 9 atom stereocenters. The zero-order valence-electron chi connectivity index (χ0n) is 52.1. The van der Waals surface area contributed by atoms with Gasteiger partial charge in [-0.05, 0) is 12.8 Å². The number of aliphatic hydroxyl groups excluding tert-OH is 7. The van der Waals surface area contributed by atoms with Crippen LogP contribution in [0.3, 0.4) is 0 Å². The number of carbonyl (C=O) groups is 1. The molecule has 0 radical (unpaired) electrons. The first-order valence-corrected chi connectivity index (χ1v) is 34.9. The second-order valence-electron chi connectivity index (χ2n) is 25.0. The molecule has 0 aromatic carbocycles. The van der Waals surface area contributed by atoms with Gasteiger partial charge < -0.3 is 50.5 Å². The summed E-state index contributed by atoms with van der Waals surface area (Å²) in [6, 6.07) is -1.16. The van der Waals surface area contributed by atoms with E-state index in [1.807, 2.05) is 0 Å². The number of carbonyl (C=O) groups excluding carboxylic acids is 1. The van der Waals surface area contributed by atoms with Gasteiger partial charge in [0.05, 0.1) is 25.4 Å². The SMILES string of the molecule is CCCCCCCCCCCCCCCCCCCCCCCCCCCCCC(O)C(O)C(COC1OC(CO)C(O)C(O)C1O)NC(=O)C(O)CCCCCCCCCCCCCCCCCCCCCCCCCCC. The summed E-state index contributed by atoms with van der Waals surface area (Å²) in [7, 11) is 0. The van der Waals surface area contributed by atoms with Gasteiger partial charge in [-0.15, -0.1) is 0 Å². The average molecular weight is 1130 g/mol. The number of hydrogen-bond acceptors (Lipinski definition) is 10. The van der Waals surface area contributed by atoms with Crippen LogP contribution in [0.15, 0.2) is 0 Å². The molecule has 472 valence electrons. The summed E-state index contributed by atoms with van der Waals surface area (Å²) in [6.07, 6.45) is 57.5. The molecule has 1 aliphatic rings. The third kappa shape index (κ3) is 45.2. The fraction of sp³-hybridized carbons (Fsp3) is 0.985. The van der Waals surface area contributed by atoms with Crippen molar-refractivity contribution in [1.29, 1.82) is 0 Å². The molecule has 1 heterocycles. The molecule has 1 fully saturated rings. The second-order valence-corrected chi connectivity index (χ2v) is 25.0. The lowest BCUT2D eigenvalue weighted by Gasteiger charge is -2.40. The molecule has 0 aromatic rings.